The van der Waals surface area contributed by atoms with E-state index in [2.05, 4.69) is 45.6 Å². The fourth-order valence-electron chi connectivity index (χ4n) is 3.08. The molecule has 0 aromatic heterocycles. The molecule has 0 aliphatic carbocycles. The number of carbonyl (C=O) groups is 1. The van der Waals surface area contributed by atoms with Gasteiger partial charge in [0.25, 0.3) is 0 Å². The molecule has 3 N–H and O–H groups in total. The van der Waals surface area contributed by atoms with Crippen LogP contribution in [0.15, 0.2) is 65.7 Å². The maximum absolute atomic E-state index is 11.1. The minimum Gasteiger partial charge on any atom is -0.366 e. The van der Waals surface area contributed by atoms with E-state index >= 15 is 0 Å². The van der Waals surface area contributed by atoms with Crippen molar-refractivity contribution in [1.29, 1.82) is 0 Å². The van der Waals surface area contributed by atoms with Gasteiger partial charge in [0.2, 0.25) is 5.91 Å². The topological polar surface area (TPSA) is 70.7 Å². The molecule has 0 fully saturated rings. The zero-order chi connectivity index (χ0) is 18.4. The maximum Gasteiger partial charge on any atom is 0.248 e. The lowest BCUT2D eigenvalue weighted by Gasteiger charge is -2.29. The van der Waals surface area contributed by atoms with E-state index in [-0.39, 0.29) is 24.0 Å². The minimum atomic E-state index is -0.408. The van der Waals surface area contributed by atoms with Gasteiger partial charge in [0.1, 0.15) is 0 Å². The van der Waals surface area contributed by atoms with Crippen LogP contribution in [-0.2, 0) is 6.54 Å². The Morgan fingerprint density at radius 3 is 2.41 bits per heavy atom. The van der Waals surface area contributed by atoms with Crippen molar-refractivity contribution < 1.29 is 4.79 Å². The van der Waals surface area contributed by atoms with Gasteiger partial charge in [0.15, 0.2) is 5.96 Å². The van der Waals surface area contributed by atoms with Gasteiger partial charge in [-0.15, -0.1) is 24.0 Å². The van der Waals surface area contributed by atoms with Gasteiger partial charge in [0, 0.05) is 32.2 Å². The molecule has 1 aliphatic rings. The van der Waals surface area contributed by atoms with Gasteiger partial charge in [-0.2, -0.15) is 0 Å². The lowest BCUT2D eigenvalue weighted by molar-refractivity contribution is 0.100. The number of guanidine groups is 1. The van der Waals surface area contributed by atoms with E-state index in [1.165, 1.54) is 11.1 Å². The Morgan fingerprint density at radius 1 is 1.15 bits per heavy atom. The second-order valence-corrected chi connectivity index (χ2v) is 6.25. The molecule has 1 heterocycles. The van der Waals surface area contributed by atoms with Crippen molar-refractivity contribution in [2.75, 3.05) is 20.1 Å². The van der Waals surface area contributed by atoms with Crippen LogP contribution in [0.25, 0.3) is 5.57 Å². The summed E-state index contributed by atoms with van der Waals surface area (Å²) in [5.41, 5.74) is 9.56. The van der Waals surface area contributed by atoms with E-state index in [0.717, 1.165) is 31.0 Å². The molecule has 6 heteroatoms. The van der Waals surface area contributed by atoms with E-state index in [1.54, 1.807) is 19.2 Å². The third-order valence-electron chi connectivity index (χ3n) is 4.55. The molecule has 1 amide bonds. The summed E-state index contributed by atoms with van der Waals surface area (Å²) >= 11 is 0. The molecule has 0 radical (unpaired) electrons. The highest BCUT2D eigenvalue weighted by Gasteiger charge is 2.16. The predicted molar refractivity (Wildman–Crippen MR) is 121 cm³/mol. The number of carbonyl (C=O) groups excluding carboxylic acids is 1. The molecule has 0 saturated carbocycles. The molecule has 2 aromatic rings. The second-order valence-electron chi connectivity index (χ2n) is 6.25. The Bertz CT molecular complexity index is 816. The highest BCUT2D eigenvalue weighted by atomic mass is 127. The van der Waals surface area contributed by atoms with Gasteiger partial charge in [0.05, 0.1) is 0 Å². The number of hydrogen-bond acceptors (Lipinski definition) is 2. The molecule has 142 valence electrons. The van der Waals surface area contributed by atoms with Crippen LogP contribution in [0.2, 0.25) is 0 Å². The Balaban J connectivity index is 0.00000261. The summed E-state index contributed by atoms with van der Waals surface area (Å²) in [4.78, 5) is 17.8. The fraction of sp³-hybridized carbons (Fsp3) is 0.238. The minimum absolute atomic E-state index is 0. The SMILES string of the molecule is CN=C(NCc1ccc(C(N)=O)cc1)N1CC=C(c2ccccc2)CC1.I. The van der Waals surface area contributed by atoms with Gasteiger partial charge in [-0.25, -0.2) is 0 Å². The summed E-state index contributed by atoms with van der Waals surface area (Å²) in [6, 6.07) is 17.8. The first kappa shape index (κ1) is 21.0. The standard InChI is InChI=1S/C21H24N4O.HI/c1-23-21(24-15-16-7-9-19(10-8-16)20(22)26)25-13-11-18(12-14-25)17-5-3-2-4-6-17;/h2-11H,12-15H2,1H3,(H2,22,26)(H,23,24);1H. The van der Waals surface area contributed by atoms with Gasteiger partial charge < -0.3 is 16.0 Å². The summed E-state index contributed by atoms with van der Waals surface area (Å²) in [6.07, 6.45) is 3.27. The van der Waals surface area contributed by atoms with Crippen LogP contribution in [0.1, 0.15) is 27.9 Å². The average molecular weight is 476 g/mol. The molecule has 5 nitrogen and oxygen atoms in total. The summed E-state index contributed by atoms with van der Waals surface area (Å²) < 4.78 is 0. The summed E-state index contributed by atoms with van der Waals surface area (Å²) in [7, 11) is 1.80. The van der Waals surface area contributed by atoms with Crippen molar-refractivity contribution in [1.82, 2.24) is 10.2 Å². The molecular formula is C21H25IN4O. The average Bonchev–Trinajstić information content (AvgIpc) is 2.70. The van der Waals surface area contributed by atoms with Crippen LogP contribution >= 0.6 is 24.0 Å². The van der Waals surface area contributed by atoms with Crippen LogP contribution in [0, 0.1) is 0 Å². The molecule has 0 atom stereocenters. The summed E-state index contributed by atoms with van der Waals surface area (Å²) in [5.74, 6) is 0.474. The predicted octanol–water partition coefficient (Wildman–Crippen LogP) is 3.27. The molecule has 0 bridgehead atoms. The number of amides is 1. The first-order chi connectivity index (χ1) is 12.7. The monoisotopic (exact) mass is 476 g/mol. The Morgan fingerprint density at radius 2 is 1.85 bits per heavy atom. The van der Waals surface area contributed by atoms with Crippen molar-refractivity contribution in [3.63, 3.8) is 0 Å². The Kier molecular flexibility index (Phi) is 7.84. The number of hydrogen-bond donors (Lipinski definition) is 2. The van der Waals surface area contributed by atoms with Crippen molar-refractivity contribution in [2.24, 2.45) is 10.7 Å². The third-order valence-corrected chi connectivity index (χ3v) is 4.55. The fourth-order valence-corrected chi connectivity index (χ4v) is 3.08. The van der Waals surface area contributed by atoms with Crippen LogP contribution in [-0.4, -0.2) is 36.9 Å². The van der Waals surface area contributed by atoms with E-state index in [4.69, 9.17) is 5.73 Å². The lowest BCUT2D eigenvalue weighted by atomic mass is 10.00. The summed E-state index contributed by atoms with van der Waals surface area (Å²) in [6.45, 7) is 2.42. The highest BCUT2D eigenvalue weighted by molar-refractivity contribution is 14.0. The molecular weight excluding hydrogens is 451 g/mol. The molecule has 1 aliphatic heterocycles. The third kappa shape index (κ3) is 5.56. The molecule has 3 rings (SSSR count). The van der Waals surface area contributed by atoms with Crippen molar-refractivity contribution in [3.8, 4) is 0 Å². The van der Waals surface area contributed by atoms with Crippen molar-refractivity contribution >= 4 is 41.4 Å². The molecule has 0 spiro atoms. The Labute approximate surface area is 177 Å². The van der Waals surface area contributed by atoms with Crippen LogP contribution in [0.3, 0.4) is 0 Å². The number of rotatable bonds is 4. The van der Waals surface area contributed by atoms with Crippen LogP contribution in [0.5, 0.6) is 0 Å². The Hall–Kier alpha value is -2.35. The first-order valence-electron chi connectivity index (χ1n) is 8.76. The maximum atomic E-state index is 11.1. The zero-order valence-corrected chi connectivity index (χ0v) is 17.7. The highest BCUT2D eigenvalue weighted by Crippen LogP contribution is 2.22. The van der Waals surface area contributed by atoms with Gasteiger partial charge in [-0.1, -0.05) is 48.5 Å². The number of nitrogens with two attached hydrogens (primary N) is 1. The first-order valence-corrected chi connectivity index (χ1v) is 8.76. The smallest absolute Gasteiger partial charge is 0.248 e. The number of halogens is 1. The zero-order valence-electron chi connectivity index (χ0n) is 15.4. The summed E-state index contributed by atoms with van der Waals surface area (Å²) in [5, 5.41) is 3.39. The molecule has 27 heavy (non-hydrogen) atoms. The van der Waals surface area contributed by atoms with Gasteiger partial charge in [-0.05, 0) is 35.3 Å². The van der Waals surface area contributed by atoms with Crippen LogP contribution in [0.4, 0.5) is 0 Å². The van der Waals surface area contributed by atoms with E-state index in [1.807, 2.05) is 18.2 Å². The van der Waals surface area contributed by atoms with E-state index < -0.39 is 5.91 Å². The molecule has 2 aromatic carbocycles. The number of aliphatic imine (C=N–C) groups is 1. The van der Waals surface area contributed by atoms with Gasteiger partial charge >= 0.3 is 0 Å². The normalized spacial score (nSPS) is 14.2. The van der Waals surface area contributed by atoms with Crippen molar-refractivity contribution in [3.05, 3.63) is 77.4 Å². The number of nitrogens with one attached hydrogen (secondary N) is 1. The van der Waals surface area contributed by atoms with E-state index in [9.17, 15) is 4.79 Å². The van der Waals surface area contributed by atoms with Gasteiger partial charge in [-0.3, -0.25) is 9.79 Å². The second kappa shape index (κ2) is 10.1. The molecule has 0 saturated heterocycles. The number of nitrogens with zero attached hydrogens (tertiary/aromatic N) is 2. The molecule has 0 unspecified atom stereocenters. The lowest BCUT2D eigenvalue weighted by Crippen LogP contribution is -2.43. The number of benzene rings is 2. The number of primary amides is 1. The van der Waals surface area contributed by atoms with E-state index in [0.29, 0.717) is 12.1 Å². The van der Waals surface area contributed by atoms with Crippen molar-refractivity contribution in [2.45, 2.75) is 13.0 Å². The largest absolute Gasteiger partial charge is 0.366 e. The van der Waals surface area contributed by atoms with Crippen LogP contribution < -0.4 is 11.1 Å². The quantitative estimate of drug-likeness (QED) is 0.405.